The third-order valence-electron chi connectivity index (χ3n) is 4.40. The summed E-state index contributed by atoms with van der Waals surface area (Å²) in [6.45, 7) is 3.74. The van der Waals surface area contributed by atoms with Crippen LogP contribution in [0.15, 0.2) is 79.0 Å². The van der Waals surface area contributed by atoms with Crippen LogP contribution in [0.25, 0.3) is 17.0 Å². The van der Waals surface area contributed by atoms with Crippen LogP contribution in [-0.2, 0) is 16.1 Å². The minimum atomic E-state index is -0.973. The van der Waals surface area contributed by atoms with Gasteiger partial charge in [-0.15, -0.1) is 6.58 Å². The van der Waals surface area contributed by atoms with Crippen molar-refractivity contribution in [3.05, 3.63) is 84.6 Å². The summed E-state index contributed by atoms with van der Waals surface area (Å²) in [5.41, 5.74) is 1.94. The lowest BCUT2D eigenvalue weighted by atomic mass is 10.1. The summed E-state index contributed by atoms with van der Waals surface area (Å²) in [5, 5.41) is 19.6. The summed E-state index contributed by atoms with van der Waals surface area (Å²) in [4.78, 5) is 25.7. The summed E-state index contributed by atoms with van der Waals surface area (Å²) in [7, 11) is 0. The molecule has 0 saturated carbocycles. The van der Waals surface area contributed by atoms with Gasteiger partial charge in [0.25, 0.3) is 5.91 Å². The maximum absolute atomic E-state index is 13.1. The van der Waals surface area contributed by atoms with Gasteiger partial charge in [-0.2, -0.15) is 5.26 Å². The van der Waals surface area contributed by atoms with E-state index >= 15 is 0 Å². The highest BCUT2D eigenvalue weighted by Crippen LogP contribution is 2.25. The van der Waals surface area contributed by atoms with E-state index < -0.39 is 11.9 Å². The van der Waals surface area contributed by atoms with Crippen molar-refractivity contribution in [1.82, 2.24) is 4.57 Å². The second kappa shape index (κ2) is 8.72. The van der Waals surface area contributed by atoms with Gasteiger partial charge in [0.05, 0.1) is 0 Å². The predicted octanol–water partition coefficient (Wildman–Crippen LogP) is 3.85. The molecule has 1 heterocycles. The largest absolute Gasteiger partial charge is 0.480 e. The Morgan fingerprint density at radius 2 is 1.83 bits per heavy atom. The minimum Gasteiger partial charge on any atom is -0.480 e. The van der Waals surface area contributed by atoms with Gasteiger partial charge in [0.15, 0.2) is 0 Å². The first kappa shape index (κ1) is 19.6. The molecule has 0 fully saturated rings. The van der Waals surface area contributed by atoms with E-state index in [9.17, 15) is 14.9 Å². The lowest BCUT2D eigenvalue weighted by molar-refractivity contribution is -0.137. The van der Waals surface area contributed by atoms with E-state index in [0.717, 1.165) is 10.9 Å². The minimum absolute atomic E-state index is 0.0473. The van der Waals surface area contributed by atoms with Crippen molar-refractivity contribution in [2.45, 2.75) is 6.54 Å². The van der Waals surface area contributed by atoms with Crippen molar-refractivity contribution < 1.29 is 14.7 Å². The zero-order chi connectivity index (χ0) is 20.8. The lowest BCUT2D eigenvalue weighted by Gasteiger charge is -2.20. The van der Waals surface area contributed by atoms with Crippen LogP contribution in [0.1, 0.15) is 5.56 Å². The molecule has 29 heavy (non-hydrogen) atoms. The second-order valence-corrected chi connectivity index (χ2v) is 6.33. The Balaban J connectivity index is 2.05. The molecular formula is C23H19N3O3. The molecule has 1 aromatic heterocycles. The molecule has 0 spiro atoms. The van der Waals surface area contributed by atoms with E-state index in [4.69, 9.17) is 5.11 Å². The Hall–Kier alpha value is -4.11. The average Bonchev–Trinajstić information content (AvgIpc) is 3.07. The first-order chi connectivity index (χ1) is 14.0. The smallest absolute Gasteiger partial charge is 0.323 e. The Bertz CT molecular complexity index is 1140. The zero-order valence-corrected chi connectivity index (χ0v) is 15.7. The number of benzene rings is 2. The van der Waals surface area contributed by atoms with Gasteiger partial charge in [0, 0.05) is 34.9 Å². The summed E-state index contributed by atoms with van der Waals surface area (Å²) in [6, 6.07) is 18.3. The number of fused-ring (bicyclic) bond motifs is 1. The summed E-state index contributed by atoms with van der Waals surface area (Å²) in [6.07, 6.45) is 4.74. The number of aliphatic carboxylic acids is 1. The summed E-state index contributed by atoms with van der Waals surface area (Å²) in [5.74, 6) is -1.42. The fourth-order valence-corrected chi connectivity index (χ4v) is 3.15. The SMILES string of the molecule is C=CCN(C(=O)/C(C#N)=C/c1cn(CC(=O)O)c2ccccc12)c1ccccc1. The molecule has 1 N–H and O–H groups in total. The normalized spacial score (nSPS) is 11.1. The van der Waals surface area contributed by atoms with Gasteiger partial charge >= 0.3 is 5.97 Å². The number of nitrogens with zero attached hydrogens (tertiary/aromatic N) is 3. The molecule has 0 aliphatic heterocycles. The summed E-state index contributed by atoms with van der Waals surface area (Å²) >= 11 is 0. The van der Waals surface area contributed by atoms with Crippen molar-refractivity contribution >= 4 is 34.5 Å². The number of carbonyl (C=O) groups excluding carboxylic acids is 1. The Morgan fingerprint density at radius 1 is 1.14 bits per heavy atom. The van der Waals surface area contributed by atoms with Gasteiger partial charge in [-0.3, -0.25) is 9.59 Å². The van der Waals surface area contributed by atoms with Gasteiger partial charge in [-0.05, 0) is 24.3 Å². The Kier molecular flexibility index (Phi) is 5.91. The van der Waals surface area contributed by atoms with Crippen LogP contribution >= 0.6 is 0 Å². The average molecular weight is 385 g/mol. The molecule has 0 radical (unpaired) electrons. The number of para-hydroxylation sites is 2. The molecule has 0 aliphatic rings. The van der Waals surface area contributed by atoms with Crippen LogP contribution in [0, 0.1) is 11.3 Å². The van der Waals surface area contributed by atoms with Gasteiger partial charge in [0.1, 0.15) is 18.2 Å². The predicted molar refractivity (Wildman–Crippen MR) is 112 cm³/mol. The molecule has 0 atom stereocenters. The van der Waals surface area contributed by atoms with E-state index in [1.54, 1.807) is 35.0 Å². The number of rotatable bonds is 7. The fourth-order valence-electron chi connectivity index (χ4n) is 3.15. The van der Waals surface area contributed by atoms with E-state index in [-0.39, 0.29) is 18.7 Å². The van der Waals surface area contributed by atoms with Crippen molar-refractivity contribution in [1.29, 1.82) is 5.26 Å². The molecule has 3 aromatic rings. The number of amides is 1. The molecule has 2 aromatic carbocycles. The molecule has 3 rings (SSSR count). The molecular weight excluding hydrogens is 366 g/mol. The van der Waals surface area contributed by atoms with Gasteiger partial charge in [-0.1, -0.05) is 42.5 Å². The molecule has 144 valence electrons. The zero-order valence-electron chi connectivity index (χ0n) is 15.7. The number of anilines is 1. The summed E-state index contributed by atoms with van der Waals surface area (Å²) < 4.78 is 1.58. The number of nitriles is 1. The molecule has 6 heteroatoms. The highest BCUT2D eigenvalue weighted by molar-refractivity contribution is 6.12. The molecule has 0 saturated heterocycles. The highest BCUT2D eigenvalue weighted by Gasteiger charge is 2.20. The quantitative estimate of drug-likeness (QED) is 0.380. The monoisotopic (exact) mass is 385 g/mol. The van der Waals surface area contributed by atoms with Crippen molar-refractivity contribution in [2.24, 2.45) is 0 Å². The van der Waals surface area contributed by atoms with Crippen molar-refractivity contribution in [3.63, 3.8) is 0 Å². The van der Waals surface area contributed by atoms with E-state index in [0.29, 0.717) is 11.3 Å². The van der Waals surface area contributed by atoms with E-state index in [2.05, 4.69) is 6.58 Å². The van der Waals surface area contributed by atoms with Crippen LogP contribution in [-0.4, -0.2) is 28.1 Å². The number of hydrogen-bond donors (Lipinski definition) is 1. The van der Waals surface area contributed by atoms with Gasteiger partial charge < -0.3 is 14.6 Å². The Morgan fingerprint density at radius 3 is 2.48 bits per heavy atom. The highest BCUT2D eigenvalue weighted by atomic mass is 16.4. The number of hydrogen-bond acceptors (Lipinski definition) is 3. The van der Waals surface area contributed by atoms with Crippen LogP contribution in [0.5, 0.6) is 0 Å². The topological polar surface area (TPSA) is 86.3 Å². The number of carboxylic acids is 1. The molecule has 0 bridgehead atoms. The molecule has 1 amide bonds. The third-order valence-corrected chi connectivity index (χ3v) is 4.40. The standard InChI is InChI=1S/C23H19N3O3/c1-2-12-26(19-8-4-3-5-9-19)23(29)17(14-24)13-18-15-25(16-22(27)28)21-11-7-6-10-20(18)21/h2-11,13,15H,1,12,16H2,(H,27,28)/b17-13+. The van der Waals surface area contributed by atoms with Crippen molar-refractivity contribution in [2.75, 3.05) is 11.4 Å². The van der Waals surface area contributed by atoms with Gasteiger partial charge in [-0.25, -0.2) is 0 Å². The molecule has 6 nitrogen and oxygen atoms in total. The van der Waals surface area contributed by atoms with E-state index in [1.165, 1.54) is 11.0 Å². The maximum Gasteiger partial charge on any atom is 0.323 e. The van der Waals surface area contributed by atoms with Crippen LogP contribution in [0.4, 0.5) is 5.69 Å². The molecule has 0 aliphatic carbocycles. The number of carboxylic acid groups (broad SMARTS) is 1. The third kappa shape index (κ3) is 4.25. The van der Waals surface area contributed by atoms with E-state index in [1.807, 2.05) is 42.5 Å². The number of aromatic nitrogens is 1. The van der Waals surface area contributed by atoms with Crippen LogP contribution in [0.3, 0.4) is 0 Å². The first-order valence-electron chi connectivity index (χ1n) is 8.94. The fraction of sp³-hybridized carbons (Fsp3) is 0.0870. The van der Waals surface area contributed by atoms with Gasteiger partial charge in [0.2, 0.25) is 0 Å². The first-order valence-corrected chi connectivity index (χ1v) is 8.94. The molecule has 0 unspecified atom stereocenters. The van der Waals surface area contributed by atoms with Crippen molar-refractivity contribution in [3.8, 4) is 6.07 Å². The lowest BCUT2D eigenvalue weighted by Crippen LogP contribution is -2.31. The maximum atomic E-state index is 13.1. The van der Waals surface area contributed by atoms with Crippen LogP contribution in [0.2, 0.25) is 0 Å². The van der Waals surface area contributed by atoms with Crippen LogP contribution < -0.4 is 4.90 Å². The number of carbonyl (C=O) groups is 2. The second-order valence-electron chi connectivity index (χ2n) is 6.33. The Labute approximate surface area is 168 Å².